The fraction of sp³-hybridized carbons (Fsp3) is 0.353. The van der Waals surface area contributed by atoms with E-state index in [0.29, 0.717) is 6.42 Å². The van der Waals surface area contributed by atoms with Gasteiger partial charge in [0, 0.05) is 53.0 Å². The van der Waals surface area contributed by atoms with Crippen LogP contribution in [0.1, 0.15) is 12.1 Å². The summed E-state index contributed by atoms with van der Waals surface area (Å²) in [6.45, 7) is 3.33. The number of thiophene rings is 1. The summed E-state index contributed by atoms with van der Waals surface area (Å²) in [6, 6.07) is 2.07. The Morgan fingerprint density at radius 1 is 1.15 bits per heavy atom. The molecular formula is C17H17BrN4OS3. The SMILES string of the molecule is O=C(Cc1csc(-c2cc(Br)cs2)n1)N1CCCN(c2nccs2)CC1. The lowest BCUT2D eigenvalue weighted by molar-refractivity contribution is -0.130. The normalized spacial score (nSPS) is 15.3. The van der Waals surface area contributed by atoms with Gasteiger partial charge >= 0.3 is 0 Å². The van der Waals surface area contributed by atoms with Crippen LogP contribution in [0.4, 0.5) is 5.13 Å². The molecule has 3 aromatic heterocycles. The molecule has 1 saturated heterocycles. The molecule has 0 bridgehead atoms. The number of carbonyl (C=O) groups excluding carboxylic acids is 1. The molecule has 0 radical (unpaired) electrons. The van der Waals surface area contributed by atoms with Crippen LogP contribution in [-0.4, -0.2) is 47.0 Å². The van der Waals surface area contributed by atoms with Gasteiger partial charge in [-0.2, -0.15) is 0 Å². The quantitative estimate of drug-likeness (QED) is 0.570. The molecule has 0 aromatic carbocycles. The Morgan fingerprint density at radius 3 is 2.85 bits per heavy atom. The van der Waals surface area contributed by atoms with Crippen LogP contribution in [0, 0.1) is 0 Å². The maximum absolute atomic E-state index is 12.7. The van der Waals surface area contributed by atoms with Crippen LogP contribution in [0.5, 0.6) is 0 Å². The van der Waals surface area contributed by atoms with Crippen LogP contribution in [0.25, 0.3) is 9.88 Å². The molecule has 3 aromatic rings. The molecule has 1 fully saturated rings. The zero-order valence-corrected chi connectivity index (χ0v) is 18.0. The van der Waals surface area contributed by atoms with Gasteiger partial charge < -0.3 is 9.80 Å². The lowest BCUT2D eigenvalue weighted by Crippen LogP contribution is -2.36. The summed E-state index contributed by atoms with van der Waals surface area (Å²) in [5, 5.41) is 8.07. The van der Waals surface area contributed by atoms with Crippen molar-refractivity contribution in [2.45, 2.75) is 12.8 Å². The van der Waals surface area contributed by atoms with Crippen molar-refractivity contribution in [3.8, 4) is 9.88 Å². The lowest BCUT2D eigenvalue weighted by Gasteiger charge is -2.21. The van der Waals surface area contributed by atoms with Crippen molar-refractivity contribution >= 4 is 61.0 Å². The smallest absolute Gasteiger partial charge is 0.228 e. The van der Waals surface area contributed by atoms with Gasteiger partial charge in [0.2, 0.25) is 5.91 Å². The van der Waals surface area contributed by atoms with E-state index in [2.05, 4.69) is 36.9 Å². The van der Waals surface area contributed by atoms with Crippen molar-refractivity contribution in [3.63, 3.8) is 0 Å². The lowest BCUT2D eigenvalue weighted by atomic mass is 10.3. The Hall–Kier alpha value is -1.29. The molecular weight excluding hydrogens is 452 g/mol. The minimum Gasteiger partial charge on any atom is -0.346 e. The summed E-state index contributed by atoms with van der Waals surface area (Å²) in [7, 11) is 0. The molecule has 1 amide bonds. The minimum atomic E-state index is 0.162. The number of carbonyl (C=O) groups is 1. The first-order chi connectivity index (χ1) is 12.7. The number of hydrogen-bond donors (Lipinski definition) is 0. The Balaban J connectivity index is 1.37. The highest BCUT2D eigenvalue weighted by molar-refractivity contribution is 9.10. The van der Waals surface area contributed by atoms with Gasteiger partial charge in [0.1, 0.15) is 5.01 Å². The van der Waals surface area contributed by atoms with Crippen LogP contribution in [-0.2, 0) is 11.2 Å². The van der Waals surface area contributed by atoms with Gasteiger partial charge in [-0.05, 0) is 28.4 Å². The predicted molar refractivity (Wildman–Crippen MR) is 112 cm³/mol. The first-order valence-electron chi connectivity index (χ1n) is 8.30. The van der Waals surface area contributed by atoms with E-state index in [9.17, 15) is 4.79 Å². The highest BCUT2D eigenvalue weighted by Crippen LogP contribution is 2.32. The van der Waals surface area contributed by atoms with Gasteiger partial charge in [0.05, 0.1) is 17.0 Å². The summed E-state index contributed by atoms with van der Waals surface area (Å²) in [6.07, 6.45) is 3.18. The van der Waals surface area contributed by atoms with Crippen molar-refractivity contribution in [2.75, 3.05) is 31.1 Å². The van der Waals surface area contributed by atoms with Gasteiger partial charge in [-0.3, -0.25) is 4.79 Å². The van der Waals surface area contributed by atoms with E-state index in [1.165, 1.54) is 0 Å². The van der Waals surface area contributed by atoms with Crippen LogP contribution >= 0.6 is 49.9 Å². The molecule has 0 aliphatic carbocycles. The molecule has 1 aliphatic rings. The molecule has 0 N–H and O–H groups in total. The maximum atomic E-state index is 12.7. The third kappa shape index (κ3) is 4.16. The van der Waals surface area contributed by atoms with E-state index in [1.54, 1.807) is 34.0 Å². The van der Waals surface area contributed by atoms with E-state index in [-0.39, 0.29) is 5.91 Å². The third-order valence-corrected chi connectivity index (χ3v) is 7.78. The molecule has 4 rings (SSSR count). The van der Waals surface area contributed by atoms with Crippen molar-refractivity contribution < 1.29 is 4.79 Å². The highest BCUT2D eigenvalue weighted by atomic mass is 79.9. The molecule has 136 valence electrons. The Morgan fingerprint density at radius 2 is 2.08 bits per heavy atom. The number of aromatic nitrogens is 2. The molecule has 0 atom stereocenters. The number of halogens is 1. The van der Waals surface area contributed by atoms with E-state index in [4.69, 9.17) is 0 Å². The Kier molecular flexibility index (Phi) is 5.68. The first kappa shape index (κ1) is 18.1. The van der Waals surface area contributed by atoms with Crippen LogP contribution in [0.2, 0.25) is 0 Å². The molecule has 4 heterocycles. The fourth-order valence-corrected chi connectivity index (χ4v) is 5.95. The fourth-order valence-electron chi connectivity index (χ4n) is 2.92. The zero-order valence-electron chi connectivity index (χ0n) is 13.9. The second-order valence-corrected chi connectivity index (χ2v) is 9.54. The molecule has 9 heteroatoms. The zero-order chi connectivity index (χ0) is 17.9. The van der Waals surface area contributed by atoms with Crippen molar-refractivity contribution in [3.05, 3.63) is 38.6 Å². The predicted octanol–water partition coefficient (Wildman–Crippen LogP) is 4.37. The topological polar surface area (TPSA) is 49.3 Å². The van der Waals surface area contributed by atoms with Gasteiger partial charge in [-0.25, -0.2) is 9.97 Å². The Bertz CT molecular complexity index is 876. The molecule has 0 saturated carbocycles. The summed E-state index contributed by atoms with van der Waals surface area (Å²) in [5.41, 5.74) is 0.862. The third-order valence-electron chi connectivity index (χ3n) is 4.20. The monoisotopic (exact) mass is 468 g/mol. The van der Waals surface area contributed by atoms with Gasteiger partial charge in [-0.15, -0.1) is 34.0 Å². The highest BCUT2D eigenvalue weighted by Gasteiger charge is 2.21. The molecule has 5 nitrogen and oxygen atoms in total. The minimum absolute atomic E-state index is 0.162. The maximum Gasteiger partial charge on any atom is 0.228 e. The number of anilines is 1. The van der Waals surface area contributed by atoms with Crippen LogP contribution in [0.15, 0.2) is 32.9 Å². The number of thiazole rings is 2. The number of hydrogen-bond acceptors (Lipinski definition) is 7. The summed E-state index contributed by atoms with van der Waals surface area (Å²) in [4.78, 5) is 27.1. The summed E-state index contributed by atoms with van der Waals surface area (Å²) < 4.78 is 1.07. The largest absolute Gasteiger partial charge is 0.346 e. The standard InChI is InChI=1S/C17H17BrN4OS3/c18-12-8-14(25-10-12)16-20-13(11-26-16)9-15(23)21-3-1-4-22(6-5-21)17-19-2-7-24-17/h2,7-8,10-11H,1,3-6,9H2. The van der Waals surface area contributed by atoms with E-state index in [0.717, 1.165) is 57.8 Å². The number of amides is 1. The van der Waals surface area contributed by atoms with E-state index < -0.39 is 0 Å². The van der Waals surface area contributed by atoms with Crippen molar-refractivity contribution in [2.24, 2.45) is 0 Å². The van der Waals surface area contributed by atoms with Crippen molar-refractivity contribution in [1.82, 2.24) is 14.9 Å². The van der Waals surface area contributed by atoms with Crippen molar-refractivity contribution in [1.29, 1.82) is 0 Å². The summed E-state index contributed by atoms with van der Waals surface area (Å²) in [5.74, 6) is 0.162. The van der Waals surface area contributed by atoms with Crippen LogP contribution < -0.4 is 4.90 Å². The number of rotatable bonds is 4. The molecule has 26 heavy (non-hydrogen) atoms. The van der Waals surface area contributed by atoms with Gasteiger partial charge in [-0.1, -0.05) is 0 Å². The summed E-state index contributed by atoms with van der Waals surface area (Å²) >= 11 is 8.39. The van der Waals surface area contributed by atoms with E-state index in [1.807, 2.05) is 27.2 Å². The van der Waals surface area contributed by atoms with Crippen LogP contribution in [0.3, 0.4) is 0 Å². The molecule has 1 aliphatic heterocycles. The second kappa shape index (κ2) is 8.16. The second-order valence-electron chi connectivity index (χ2n) is 5.99. The molecule has 0 spiro atoms. The van der Waals surface area contributed by atoms with Gasteiger partial charge in [0.25, 0.3) is 0 Å². The number of nitrogens with zero attached hydrogens (tertiary/aromatic N) is 4. The Labute approximate surface area is 172 Å². The van der Waals surface area contributed by atoms with E-state index >= 15 is 0 Å². The molecule has 0 unspecified atom stereocenters. The average Bonchev–Trinajstić information content (AvgIpc) is 3.35. The first-order valence-corrected chi connectivity index (χ1v) is 11.7. The average molecular weight is 469 g/mol. The van der Waals surface area contributed by atoms with Gasteiger partial charge in [0.15, 0.2) is 5.13 Å².